The third-order valence-electron chi connectivity index (χ3n) is 4.93. The molecule has 4 heterocycles. The molecule has 0 saturated carbocycles. The van der Waals surface area contributed by atoms with Gasteiger partial charge in [-0.1, -0.05) is 18.2 Å². The van der Waals surface area contributed by atoms with E-state index in [-0.39, 0.29) is 0 Å². The van der Waals surface area contributed by atoms with E-state index in [0.29, 0.717) is 6.04 Å². The highest BCUT2D eigenvalue weighted by atomic mass is 32.1. The zero-order chi connectivity index (χ0) is 15.9. The predicted molar refractivity (Wildman–Crippen MR) is 99.7 cm³/mol. The molecule has 1 saturated heterocycles. The van der Waals surface area contributed by atoms with Gasteiger partial charge in [-0.2, -0.15) is 0 Å². The minimum atomic E-state index is 0.351. The van der Waals surface area contributed by atoms with Crippen LogP contribution in [0.3, 0.4) is 0 Å². The second-order valence-corrected chi connectivity index (χ2v) is 7.25. The average molecular weight is 334 g/mol. The summed E-state index contributed by atoms with van der Waals surface area (Å²) in [6, 6.07) is 13.3. The Morgan fingerprint density at radius 1 is 1.12 bits per heavy atom. The van der Waals surface area contributed by atoms with Crippen molar-refractivity contribution >= 4 is 38.3 Å². The van der Waals surface area contributed by atoms with Crippen molar-refractivity contribution in [2.45, 2.75) is 25.3 Å². The summed E-state index contributed by atoms with van der Waals surface area (Å²) < 4.78 is 0. The lowest BCUT2D eigenvalue weighted by molar-refractivity contribution is 0.465. The van der Waals surface area contributed by atoms with Gasteiger partial charge in [0.05, 0.1) is 11.4 Å². The molecule has 5 rings (SSSR count). The first kappa shape index (κ1) is 14.0. The molecule has 0 spiro atoms. The zero-order valence-electron chi connectivity index (χ0n) is 13.3. The van der Waals surface area contributed by atoms with Crippen molar-refractivity contribution in [2.75, 3.05) is 11.4 Å². The molecule has 1 fully saturated rings. The quantitative estimate of drug-likeness (QED) is 0.567. The van der Waals surface area contributed by atoms with Crippen LogP contribution in [0.15, 0.2) is 48.1 Å². The Hall–Kier alpha value is -2.40. The van der Waals surface area contributed by atoms with Crippen LogP contribution >= 0.6 is 11.3 Å². The van der Waals surface area contributed by atoms with Crippen molar-refractivity contribution in [1.29, 1.82) is 0 Å². The highest BCUT2D eigenvalue weighted by molar-refractivity contribution is 7.16. The molecule has 0 bridgehead atoms. The van der Waals surface area contributed by atoms with E-state index in [1.807, 2.05) is 0 Å². The van der Waals surface area contributed by atoms with E-state index in [9.17, 15) is 0 Å². The Bertz CT molecular complexity index is 970. The van der Waals surface area contributed by atoms with Gasteiger partial charge >= 0.3 is 0 Å². The summed E-state index contributed by atoms with van der Waals surface area (Å²) in [6.07, 6.45) is 5.33. The fourth-order valence-electron chi connectivity index (χ4n) is 3.79. The van der Waals surface area contributed by atoms with Crippen molar-refractivity contribution in [3.05, 3.63) is 53.8 Å². The highest BCUT2D eigenvalue weighted by Crippen LogP contribution is 2.38. The molecule has 5 heteroatoms. The number of H-pyrrole nitrogens is 1. The van der Waals surface area contributed by atoms with Crippen LogP contribution in [0.2, 0.25) is 0 Å². The molecule has 0 radical (unpaired) electrons. The number of hydrogen-bond donors (Lipinski definition) is 1. The largest absolute Gasteiger partial charge is 0.357 e. The number of para-hydroxylation sites is 1. The lowest BCUT2D eigenvalue weighted by atomic mass is 9.99. The highest BCUT2D eigenvalue weighted by Gasteiger charge is 2.27. The van der Waals surface area contributed by atoms with Crippen LogP contribution in [-0.4, -0.2) is 21.5 Å². The summed E-state index contributed by atoms with van der Waals surface area (Å²) in [5.41, 5.74) is 2.50. The van der Waals surface area contributed by atoms with Gasteiger partial charge in [0.2, 0.25) is 0 Å². The van der Waals surface area contributed by atoms with E-state index in [1.165, 1.54) is 34.8 Å². The number of thiophene rings is 1. The van der Waals surface area contributed by atoms with Crippen LogP contribution in [0.5, 0.6) is 0 Å². The number of aromatic nitrogens is 3. The maximum atomic E-state index is 4.64. The molecule has 1 unspecified atom stereocenters. The van der Waals surface area contributed by atoms with Gasteiger partial charge in [0.1, 0.15) is 17.0 Å². The molecule has 1 aromatic carbocycles. The Balaban J connectivity index is 1.62. The average Bonchev–Trinajstić information content (AvgIpc) is 3.28. The molecule has 1 aliphatic rings. The fourth-order valence-corrected chi connectivity index (χ4v) is 4.52. The number of aromatic amines is 1. The van der Waals surface area contributed by atoms with Crippen molar-refractivity contribution in [2.24, 2.45) is 0 Å². The van der Waals surface area contributed by atoms with E-state index < -0.39 is 0 Å². The maximum Gasteiger partial charge on any atom is 0.141 e. The van der Waals surface area contributed by atoms with E-state index in [2.05, 4.69) is 61.6 Å². The topological polar surface area (TPSA) is 44.8 Å². The Kier molecular flexibility index (Phi) is 3.26. The first-order valence-electron chi connectivity index (χ1n) is 8.43. The summed E-state index contributed by atoms with van der Waals surface area (Å²) in [5.74, 6) is 1.07. The van der Waals surface area contributed by atoms with Gasteiger partial charge in [-0.3, -0.25) is 0 Å². The van der Waals surface area contributed by atoms with E-state index in [4.69, 9.17) is 0 Å². The van der Waals surface area contributed by atoms with Crippen molar-refractivity contribution in [1.82, 2.24) is 15.0 Å². The number of piperidine rings is 1. The predicted octanol–water partition coefficient (Wildman–Crippen LogP) is 4.90. The van der Waals surface area contributed by atoms with Crippen LogP contribution in [0.1, 0.15) is 31.0 Å². The van der Waals surface area contributed by atoms with Gasteiger partial charge < -0.3 is 9.88 Å². The normalized spacial score (nSPS) is 18.5. The fraction of sp³-hybridized carbons (Fsp3) is 0.263. The summed E-state index contributed by atoms with van der Waals surface area (Å²) in [5, 5.41) is 4.55. The van der Waals surface area contributed by atoms with Gasteiger partial charge in [0.25, 0.3) is 0 Å². The Morgan fingerprint density at radius 3 is 3.04 bits per heavy atom. The third-order valence-corrected chi connectivity index (χ3v) is 5.75. The van der Waals surface area contributed by atoms with Crippen LogP contribution in [-0.2, 0) is 0 Å². The molecular formula is C19H18N4S. The van der Waals surface area contributed by atoms with Gasteiger partial charge in [-0.05, 0) is 48.2 Å². The second kappa shape index (κ2) is 5.60. The Morgan fingerprint density at radius 2 is 2.08 bits per heavy atom. The van der Waals surface area contributed by atoms with E-state index in [0.717, 1.165) is 23.6 Å². The van der Waals surface area contributed by atoms with Gasteiger partial charge in [0, 0.05) is 17.8 Å². The van der Waals surface area contributed by atoms with E-state index >= 15 is 0 Å². The lowest BCUT2D eigenvalue weighted by Crippen LogP contribution is -2.34. The minimum absolute atomic E-state index is 0.351. The first-order chi connectivity index (χ1) is 11.9. The SMILES string of the molecule is c1ccc2[nH]c(C3CCCCN3c3ncnc4sccc34)cc2c1. The van der Waals surface area contributed by atoms with Crippen molar-refractivity contribution < 1.29 is 0 Å². The monoisotopic (exact) mass is 334 g/mol. The lowest BCUT2D eigenvalue weighted by Gasteiger charge is -2.36. The molecule has 4 nitrogen and oxygen atoms in total. The van der Waals surface area contributed by atoms with Crippen LogP contribution in [0, 0.1) is 0 Å². The summed E-state index contributed by atoms with van der Waals surface area (Å²) in [4.78, 5) is 16.2. The van der Waals surface area contributed by atoms with Crippen molar-refractivity contribution in [3.8, 4) is 0 Å². The standard InChI is InChI=1S/C19H18N4S/c1-2-6-15-13(5-1)11-16(22-15)17-7-3-4-9-23(17)18-14-8-10-24-19(14)21-12-20-18/h1-2,5-6,8,10-12,17,22H,3-4,7,9H2. The molecule has 1 atom stereocenters. The van der Waals surface area contributed by atoms with Gasteiger partial charge in [0.15, 0.2) is 0 Å². The van der Waals surface area contributed by atoms with Crippen LogP contribution in [0.4, 0.5) is 5.82 Å². The summed E-state index contributed by atoms with van der Waals surface area (Å²) in [6.45, 7) is 1.04. The minimum Gasteiger partial charge on any atom is -0.357 e. The second-order valence-electron chi connectivity index (χ2n) is 6.35. The van der Waals surface area contributed by atoms with Gasteiger partial charge in [-0.25, -0.2) is 9.97 Å². The number of anilines is 1. The first-order valence-corrected chi connectivity index (χ1v) is 9.30. The maximum absolute atomic E-state index is 4.64. The number of nitrogens with one attached hydrogen (secondary N) is 1. The molecule has 120 valence electrons. The molecule has 1 aliphatic heterocycles. The molecule has 0 amide bonds. The molecular weight excluding hydrogens is 316 g/mol. The molecule has 4 aromatic rings. The van der Waals surface area contributed by atoms with Crippen LogP contribution in [0.25, 0.3) is 21.1 Å². The third kappa shape index (κ3) is 2.19. The van der Waals surface area contributed by atoms with E-state index in [1.54, 1.807) is 17.7 Å². The summed E-state index contributed by atoms with van der Waals surface area (Å²) >= 11 is 1.68. The zero-order valence-corrected chi connectivity index (χ0v) is 14.1. The molecule has 0 aliphatic carbocycles. The number of fused-ring (bicyclic) bond motifs is 2. The number of benzene rings is 1. The molecule has 1 N–H and O–H groups in total. The van der Waals surface area contributed by atoms with Gasteiger partial charge in [-0.15, -0.1) is 11.3 Å². The number of nitrogens with zero attached hydrogens (tertiary/aromatic N) is 3. The number of rotatable bonds is 2. The van der Waals surface area contributed by atoms with Crippen LogP contribution < -0.4 is 4.90 Å². The molecule has 3 aromatic heterocycles. The smallest absolute Gasteiger partial charge is 0.141 e. The van der Waals surface area contributed by atoms with Crippen molar-refractivity contribution in [3.63, 3.8) is 0 Å². The number of hydrogen-bond acceptors (Lipinski definition) is 4. The summed E-state index contributed by atoms with van der Waals surface area (Å²) in [7, 11) is 0. The Labute approximate surface area is 144 Å². The molecule has 24 heavy (non-hydrogen) atoms.